The van der Waals surface area contributed by atoms with Gasteiger partial charge in [0.25, 0.3) is 0 Å². The van der Waals surface area contributed by atoms with E-state index in [0.717, 1.165) is 11.3 Å². The molecular formula is C16H19NO3. The molecule has 0 aromatic heterocycles. The van der Waals surface area contributed by atoms with Gasteiger partial charge >= 0.3 is 0 Å². The summed E-state index contributed by atoms with van der Waals surface area (Å²) >= 11 is 0. The van der Waals surface area contributed by atoms with Crippen LogP contribution < -0.4 is 15.2 Å². The van der Waals surface area contributed by atoms with Crippen LogP contribution in [0.2, 0.25) is 0 Å². The van der Waals surface area contributed by atoms with Crippen LogP contribution in [0.5, 0.6) is 11.5 Å². The molecule has 2 N–H and O–H groups in total. The van der Waals surface area contributed by atoms with E-state index >= 15 is 0 Å². The van der Waals surface area contributed by atoms with E-state index in [1.165, 1.54) is 0 Å². The van der Waals surface area contributed by atoms with Crippen LogP contribution in [0.4, 0.5) is 5.69 Å². The molecule has 0 atom stereocenters. The number of nitrogen functional groups attached to an aromatic ring is 1. The monoisotopic (exact) mass is 273 g/mol. The molecule has 0 spiro atoms. The van der Waals surface area contributed by atoms with Gasteiger partial charge in [-0.1, -0.05) is 24.3 Å². The fourth-order valence-corrected chi connectivity index (χ4v) is 1.73. The third-order valence-electron chi connectivity index (χ3n) is 2.83. The maximum Gasteiger partial charge on any atom is 0.142 e. The predicted octanol–water partition coefficient (Wildman–Crippen LogP) is 2.87. The van der Waals surface area contributed by atoms with E-state index in [0.29, 0.717) is 31.3 Å². The Morgan fingerprint density at radius 2 is 1.70 bits per heavy atom. The molecule has 0 unspecified atom stereocenters. The molecule has 0 amide bonds. The summed E-state index contributed by atoms with van der Waals surface area (Å²) in [6.07, 6.45) is 0. The van der Waals surface area contributed by atoms with Crippen LogP contribution in [0.3, 0.4) is 0 Å². The summed E-state index contributed by atoms with van der Waals surface area (Å²) in [4.78, 5) is 0. The highest BCUT2D eigenvalue weighted by atomic mass is 16.5. The van der Waals surface area contributed by atoms with Crippen LogP contribution in [-0.2, 0) is 11.3 Å². The second kappa shape index (κ2) is 7.40. The molecule has 20 heavy (non-hydrogen) atoms. The van der Waals surface area contributed by atoms with Gasteiger partial charge in [0.1, 0.15) is 18.1 Å². The summed E-state index contributed by atoms with van der Waals surface area (Å²) in [5, 5.41) is 0. The highest BCUT2D eigenvalue weighted by molar-refractivity contribution is 5.51. The van der Waals surface area contributed by atoms with Gasteiger partial charge in [0.05, 0.1) is 26.0 Å². The lowest BCUT2D eigenvalue weighted by Gasteiger charge is -2.09. The minimum absolute atomic E-state index is 0.477. The molecule has 0 fully saturated rings. The number of hydrogen-bond donors (Lipinski definition) is 1. The van der Waals surface area contributed by atoms with Crippen LogP contribution in [0.1, 0.15) is 5.56 Å². The lowest BCUT2D eigenvalue weighted by atomic mass is 10.2. The summed E-state index contributed by atoms with van der Waals surface area (Å²) in [7, 11) is 1.65. The molecular weight excluding hydrogens is 254 g/mol. The van der Waals surface area contributed by atoms with Gasteiger partial charge in [0.15, 0.2) is 0 Å². The number of rotatable bonds is 7. The molecule has 4 nitrogen and oxygen atoms in total. The molecule has 0 aliphatic rings. The van der Waals surface area contributed by atoms with Gasteiger partial charge in [-0.15, -0.1) is 0 Å². The van der Waals surface area contributed by atoms with Crippen molar-refractivity contribution in [2.75, 3.05) is 26.1 Å². The second-order valence-corrected chi connectivity index (χ2v) is 4.29. The van der Waals surface area contributed by atoms with Crippen LogP contribution in [0, 0.1) is 0 Å². The molecule has 106 valence electrons. The Labute approximate surface area is 119 Å². The zero-order valence-electron chi connectivity index (χ0n) is 11.5. The number of ether oxygens (including phenoxy) is 3. The second-order valence-electron chi connectivity index (χ2n) is 4.29. The first-order valence-corrected chi connectivity index (χ1v) is 6.47. The van der Waals surface area contributed by atoms with Crippen molar-refractivity contribution in [3.63, 3.8) is 0 Å². The smallest absolute Gasteiger partial charge is 0.142 e. The summed E-state index contributed by atoms with van der Waals surface area (Å²) < 4.78 is 16.2. The van der Waals surface area contributed by atoms with Gasteiger partial charge in [-0.2, -0.15) is 0 Å². The predicted molar refractivity (Wildman–Crippen MR) is 79.0 cm³/mol. The topological polar surface area (TPSA) is 53.7 Å². The molecule has 0 aliphatic heterocycles. The van der Waals surface area contributed by atoms with E-state index in [1.54, 1.807) is 7.11 Å². The first-order chi connectivity index (χ1) is 9.79. The molecule has 0 heterocycles. The first kappa shape index (κ1) is 14.2. The molecule has 0 saturated carbocycles. The van der Waals surface area contributed by atoms with Gasteiger partial charge in [-0.3, -0.25) is 0 Å². The Hall–Kier alpha value is -2.20. The number of benzene rings is 2. The number of nitrogens with two attached hydrogens (primary N) is 1. The molecule has 2 aromatic rings. The quantitative estimate of drug-likeness (QED) is 0.622. The first-order valence-electron chi connectivity index (χ1n) is 6.47. The number of para-hydroxylation sites is 2. The van der Waals surface area contributed by atoms with Crippen molar-refractivity contribution in [3.8, 4) is 11.5 Å². The zero-order valence-corrected chi connectivity index (χ0v) is 11.5. The third kappa shape index (κ3) is 4.17. The number of methoxy groups -OCH3 is 1. The Kier molecular flexibility index (Phi) is 5.26. The normalized spacial score (nSPS) is 10.2. The summed E-state index contributed by atoms with van der Waals surface area (Å²) in [6, 6.07) is 15.2. The molecule has 4 heteroatoms. The number of anilines is 1. The minimum atomic E-state index is 0.477. The standard InChI is InChI=1S/C16H19NO3/c1-18-14-8-6-13(7-9-14)12-19-10-11-20-16-5-3-2-4-15(16)17/h2-9H,10-12,17H2,1H3. The van der Waals surface area contributed by atoms with Crippen molar-refractivity contribution < 1.29 is 14.2 Å². The van der Waals surface area contributed by atoms with Gasteiger partial charge in [-0.05, 0) is 29.8 Å². The molecule has 0 bridgehead atoms. The lowest BCUT2D eigenvalue weighted by Crippen LogP contribution is -2.07. The fraction of sp³-hybridized carbons (Fsp3) is 0.250. The third-order valence-corrected chi connectivity index (χ3v) is 2.83. The SMILES string of the molecule is COc1ccc(COCCOc2ccccc2N)cc1. The maximum atomic E-state index is 5.78. The van der Waals surface area contributed by atoms with E-state index in [2.05, 4.69) is 0 Å². The van der Waals surface area contributed by atoms with E-state index in [4.69, 9.17) is 19.9 Å². The van der Waals surface area contributed by atoms with Crippen LogP contribution >= 0.6 is 0 Å². The minimum Gasteiger partial charge on any atom is -0.497 e. The average molecular weight is 273 g/mol. The van der Waals surface area contributed by atoms with Gasteiger partial charge in [0, 0.05) is 0 Å². The van der Waals surface area contributed by atoms with Gasteiger partial charge in [0.2, 0.25) is 0 Å². The van der Waals surface area contributed by atoms with Crippen molar-refractivity contribution in [1.29, 1.82) is 0 Å². The molecule has 2 aromatic carbocycles. The lowest BCUT2D eigenvalue weighted by molar-refractivity contribution is 0.0891. The summed E-state index contributed by atoms with van der Waals surface area (Å²) in [6.45, 7) is 1.54. The number of hydrogen-bond acceptors (Lipinski definition) is 4. The van der Waals surface area contributed by atoms with Crippen molar-refractivity contribution in [3.05, 3.63) is 54.1 Å². The van der Waals surface area contributed by atoms with Gasteiger partial charge < -0.3 is 19.9 Å². The van der Waals surface area contributed by atoms with Crippen molar-refractivity contribution >= 4 is 5.69 Å². The van der Waals surface area contributed by atoms with Crippen molar-refractivity contribution in [2.45, 2.75) is 6.61 Å². The van der Waals surface area contributed by atoms with E-state index in [-0.39, 0.29) is 0 Å². The highest BCUT2D eigenvalue weighted by Crippen LogP contribution is 2.19. The largest absolute Gasteiger partial charge is 0.497 e. The zero-order chi connectivity index (χ0) is 14.2. The Balaban J connectivity index is 1.67. The van der Waals surface area contributed by atoms with Crippen LogP contribution in [0.15, 0.2) is 48.5 Å². The van der Waals surface area contributed by atoms with E-state index in [1.807, 2.05) is 48.5 Å². The van der Waals surface area contributed by atoms with Crippen LogP contribution in [-0.4, -0.2) is 20.3 Å². The molecule has 0 saturated heterocycles. The van der Waals surface area contributed by atoms with E-state index in [9.17, 15) is 0 Å². The Bertz CT molecular complexity index is 526. The van der Waals surface area contributed by atoms with Crippen LogP contribution in [0.25, 0.3) is 0 Å². The van der Waals surface area contributed by atoms with Crippen molar-refractivity contribution in [1.82, 2.24) is 0 Å². The average Bonchev–Trinajstić information content (AvgIpc) is 2.49. The Morgan fingerprint density at radius 3 is 2.40 bits per heavy atom. The van der Waals surface area contributed by atoms with Gasteiger partial charge in [-0.25, -0.2) is 0 Å². The summed E-state index contributed by atoms with van der Waals surface area (Å²) in [5.41, 5.74) is 7.52. The van der Waals surface area contributed by atoms with E-state index < -0.39 is 0 Å². The molecule has 0 radical (unpaired) electrons. The molecule has 2 rings (SSSR count). The Morgan fingerprint density at radius 1 is 0.950 bits per heavy atom. The molecule has 0 aliphatic carbocycles. The highest BCUT2D eigenvalue weighted by Gasteiger charge is 1.99. The maximum absolute atomic E-state index is 5.78. The summed E-state index contributed by atoms with van der Waals surface area (Å²) in [5.74, 6) is 1.54. The van der Waals surface area contributed by atoms with Crippen molar-refractivity contribution in [2.24, 2.45) is 0 Å². The fourth-order valence-electron chi connectivity index (χ4n) is 1.73.